The lowest BCUT2D eigenvalue weighted by Gasteiger charge is -2.30. The van der Waals surface area contributed by atoms with Crippen LogP contribution in [0.25, 0.3) is 22.5 Å². The van der Waals surface area contributed by atoms with Crippen LogP contribution in [0.1, 0.15) is 30.1 Å². The number of hydrogen-bond donors (Lipinski definition) is 1. The van der Waals surface area contributed by atoms with E-state index in [9.17, 15) is 4.79 Å². The molecule has 5 rings (SSSR count). The van der Waals surface area contributed by atoms with Crippen LogP contribution in [0.3, 0.4) is 0 Å². The summed E-state index contributed by atoms with van der Waals surface area (Å²) in [6, 6.07) is 21.6. The van der Waals surface area contributed by atoms with Crippen molar-refractivity contribution >= 4 is 6.09 Å². The fourth-order valence-electron chi connectivity index (χ4n) is 4.44. The molecule has 1 amide bonds. The monoisotopic (exact) mass is 468 g/mol. The molecule has 1 aliphatic heterocycles. The summed E-state index contributed by atoms with van der Waals surface area (Å²) in [6.07, 6.45) is 4.93. The van der Waals surface area contributed by atoms with Crippen LogP contribution >= 0.6 is 0 Å². The third-order valence-electron chi connectivity index (χ3n) is 6.38. The number of H-pyrrole nitrogens is 1. The Kier molecular flexibility index (Phi) is 6.75. The summed E-state index contributed by atoms with van der Waals surface area (Å²) in [4.78, 5) is 27.1. The van der Waals surface area contributed by atoms with Crippen molar-refractivity contribution < 1.29 is 14.3 Å². The molecular formula is C28H28N4O3. The van der Waals surface area contributed by atoms with Crippen LogP contribution in [-0.4, -0.2) is 46.1 Å². The van der Waals surface area contributed by atoms with Gasteiger partial charge in [0.1, 0.15) is 18.2 Å². The van der Waals surface area contributed by atoms with Crippen LogP contribution in [-0.2, 0) is 11.3 Å². The van der Waals surface area contributed by atoms with Crippen LogP contribution in [0.15, 0.2) is 79.1 Å². The Morgan fingerprint density at radius 1 is 1.00 bits per heavy atom. The van der Waals surface area contributed by atoms with Gasteiger partial charge in [0.15, 0.2) is 0 Å². The molecular weight excluding hydrogens is 440 g/mol. The van der Waals surface area contributed by atoms with E-state index in [-0.39, 0.29) is 18.6 Å². The highest BCUT2D eigenvalue weighted by molar-refractivity contribution is 5.79. The first kappa shape index (κ1) is 22.7. The quantitative estimate of drug-likeness (QED) is 0.395. The van der Waals surface area contributed by atoms with Crippen LogP contribution < -0.4 is 4.74 Å². The molecule has 0 bridgehead atoms. The molecule has 3 heterocycles. The maximum Gasteiger partial charge on any atom is 0.410 e. The van der Waals surface area contributed by atoms with Gasteiger partial charge in [-0.25, -0.2) is 9.78 Å². The molecule has 35 heavy (non-hydrogen) atoms. The second kappa shape index (κ2) is 10.4. The standard InChI is InChI=1S/C28H28N4O3/c1-34-24-9-5-8-23(18-24)26-25(21-10-14-29-15-11-21)30-27(31-26)22-12-16-32(17-13-22)28(33)35-19-20-6-3-2-4-7-20/h2-11,14-15,18,22H,12-13,16-17,19H2,1H3,(H,30,31). The van der Waals surface area contributed by atoms with Crippen molar-refractivity contribution in [1.29, 1.82) is 0 Å². The van der Waals surface area contributed by atoms with E-state index in [0.29, 0.717) is 13.1 Å². The lowest BCUT2D eigenvalue weighted by Crippen LogP contribution is -2.38. The van der Waals surface area contributed by atoms with Crippen molar-refractivity contribution in [3.05, 3.63) is 90.5 Å². The zero-order valence-electron chi connectivity index (χ0n) is 19.7. The van der Waals surface area contributed by atoms with E-state index in [2.05, 4.69) is 16.0 Å². The van der Waals surface area contributed by atoms with Gasteiger partial charge in [0.05, 0.1) is 18.5 Å². The fraction of sp³-hybridized carbons (Fsp3) is 0.250. The van der Waals surface area contributed by atoms with Gasteiger partial charge in [-0.05, 0) is 42.7 Å². The summed E-state index contributed by atoms with van der Waals surface area (Å²) >= 11 is 0. The number of amides is 1. The van der Waals surface area contributed by atoms with Crippen LogP contribution in [0.2, 0.25) is 0 Å². The number of methoxy groups -OCH3 is 1. The first-order chi connectivity index (χ1) is 17.2. The number of aromatic amines is 1. The van der Waals surface area contributed by atoms with Gasteiger partial charge >= 0.3 is 6.09 Å². The minimum absolute atomic E-state index is 0.230. The average molecular weight is 469 g/mol. The molecule has 0 spiro atoms. The van der Waals surface area contributed by atoms with Crippen molar-refractivity contribution in [2.24, 2.45) is 0 Å². The molecule has 0 aliphatic carbocycles. The van der Waals surface area contributed by atoms with Crippen molar-refractivity contribution in [2.45, 2.75) is 25.4 Å². The number of carbonyl (C=O) groups excluding carboxylic acids is 1. The van der Waals surface area contributed by atoms with Gasteiger partial charge in [0.25, 0.3) is 0 Å². The van der Waals surface area contributed by atoms with E-state index in [4.69, 9.17) is 14.5 Å². The Hall–Kier alpha value is -4.13. The summed E-state index contributed by atoms with van der Waals surface area (Å²) in [7, 11) is 1.67. The van der Waals surface area contributed by atoms with Crippen LogP contribution in [0, 0.1) is 0 Å². The Bertz CT molecular complexity index is 1270. The molecule has 4 aromatic rings. The minimum Gasteiger partial charge on any atom is -0.497 e. The lowest BCUT2D eigenvalue weighted by atomic mass is 9.96. The number of carbonyl (C=O) groups is 1. The molecule has 2 aromatic carbocycles. The van der Waals surface area contributed by atoms with Crippen LogP contribution in [0.4, 0.5) is 4.79 Å². The van der Waals surface area contributed by atoms with Crippen molar-refractivity contribution in [3.8, 4) is 28.3 Å². The van der Waals surface area contributed by atoms with E-state index >= 15 is 0 Å². The Balaban J connectivity index is 1.31. The minimum atomic E-state index is -0.263. The first-order valence-corrected chi connectivity index (χ1v) is 11.8. The van der Waals surface area contributed by atoms with Crippen LogP contribution in [0.5, 0.6) is 5.75 Å². The highest BCUT2D eigenvalue weighted by atomic mass is 16.6. The number of imidazole rings is 1. The normalized spacial score (nSPS) is 14.0. The molecule has 2 aromatic heterocycles. The summed E-state index contributed by atoms with van der Waals surface area (Å²) in [5, 5.41) is 0. The summed E-state index contributed by atoms with van der Waals surface area (Å²) in [5.41, 5.74) is 4.84. The number of likely N-dealkylation sites (tertiary alicyclic amines) is 1. The van der Waals surface area contributed by atoms with Gasteiger partial charge in [0.2, 0.25) is 0 Å². The van der Waals surface area contributed by atoms with E-state index in [1.165, 1.54) is 0 Å². The molecule has 1 saturated heterocycles. The number of pyridine rings is 1. The van der Waals surface area contributed by atoms with Crippen molar-refractivity contribution in [2.75, 3.05) is 20.2 Å². The topological polar surface area (TPSA) is 80.3 Å². The number of aromatic nitrogens is 3. The first-order valence-electron chi connectivity index (χ1n) is 11.8. The highest BCUT2D eigenvalue weighted by Crippen LogP contribution is 2.35. The van der Waals surface area contributed by atoms with Gasteiger partial charge in [-0.1, -0.05) is 42.5 Å². The van der Waals surface area contributed by atoms with E-state index in [1.807, 2.05) is 60.7 Å². The molecule has 7 heteroatoms. The third kappa shape index (κ3) is 5.19. The smallest absolute Gasteiger partial charge is 0.410 e. The van der Waals surface area contributed by atoms with Gasteiger partial charge in [-0.15, -0.1) is 0 Å². The lowest BCUT2D eigenvalue weighted by molar-refractivity contribution is 0.0866. The zero-order chi connectivity index (χ0) is 24.0. The second-order valence-corrected chi connectivity index (χ2v) is 8.61. The maximum atomic E-state index is 12.6. The molecule has 1 aliphatic rings. The maximum absolute atomic E-state index is 12.6. The van der Waals surface area contributed by atoms with E-state index in [1.54, 1.807) is 24.4 Å². The average Bonchev–Trinajstić information content (AvgIpc) is 3.39. The molecule has 0 unspecified atom stereocenters. The number of benzene rings is 2. The van der Waals surface area contributed by atoms with Crippen molar-refractivity contribution in [3.63, 3.8) is 0 Å². The fourth-order valence-corrected chi connectivity index (χ4v) is 4.44. The predicted octanol–water partition coefficient (Wildman–Crippen LogP) is 5.66. The summed E-state index contributed by atoms with van der Waals surface area (Å²) in [6.45, 7) is 1.56. The summed E-state index contributed by atoms with van der Waals surface area (Å²) in [5.74, 6) is 1.96. The Morgan fingerprint density at radius 3 is 2.51 bits per heavy atom. The molecule has 0 saturated carbocycles. The van der Waals surface area contributed by atoms with Crippen molar-refractivity contribution in [1.82, 2.24) is 19.9 Å². The molecule has 178 valence electrons. The number of nitrogens with zero attached hydrogens (tertiary/aromatic N) is 3. The third-order valence-corrected chi connectivity index (χ3v) is 6.38. The Labute approximate surface area is 204 Å². The molecule has 7 nitrogen and oxygen atoms in total. The Morgan fingerprint density at radius 2 is 1.77 bits per heavy atom. The van der Waals surface area contributed by atoms with Gasteiger partial charge in [0, 0.05) is 42.5 Å². The van der Waals surface area contributed by atoms with E-state index < -0.39 is 0 Å². The SMILES string of the molecule is COc1cccc(-c2[nH]c(C3CCN(C(=O)OCc4ccccc4)CC3)nc2-c2ccncc2)c1. The largest absolute Gasteiger partial charge is 0.497 e. The number of ether oxygens (including phenoxy) is 2. The van der Waals surface area contributed by atoms with E-state index in [0.717, 1.165) is 52.5 Å². The second-order valence-electron chi connectivity index (χ2n) is 8.61. The number of nitrogens with one attached hydrogen (secondary N) is 1. The molecule has 1 N–H and O–H groups in total. The molecule has 0 atom stereocenters. The van der Waals surface area contributed by atoms with Gasteiger partial charge < -0.3 is 19.4 Å². The highest BCUT2D eigenvalue weighted by Gasteiger charge is 2.28. The molecule has 1 fully saturated rings. The number of hydrogen-bond acceptors (Lipinski definition) is 5. The number of rotatable bonds is 6. The van der Waals surface area contributed by atoms with Gasteiger partial charge in [-0.3, -0.25) is 4.98 Å². The molecule has 0 radical (unpaired) electrons. The zero-order valence-corrected chi connectivity index (χ0v) is 19.7. The predicted molar refractivity (Wildman–Crippen MR) is 134 cm³/mol. The number of piperidine rings is 1. The summed E-state index contributed by atoms with van der Waals surface area (Å²) < 4.78 is 10.9. The van der Waals surface area contributed by atoms with Gasteiger partial charge in [-0.2, -0.15) is 0 Å².